The molecule has 3 aliphatic heterocycles. The molecule has 4 aliphatic rings. The first kappa shape index (κ1) is 27.4. The zero-order chi connectivity index (χ0) is 26.7. The van der Waals surface area contributed by atoms with Gasteiger partial charge < -0.3 is 30.0 Å². The maximum Gasteiger partial charge on any atom is 0.407 e. The van der Waals surface area contributed by atoms with Crippen molar-refractivity contribution in [1.82, 2.24) is 15.5 Å². The van der Waals surface area contributed by atoms with E-state index in [4.69, 9.17) is 14.2 Å². The number of hydrogen-bond donors (Lipinski definition) is 3. The Morgan fingerprint density at radius 1 is 1.21 bits per heavy atom. The van der Waals surface area contributed by atoms with Gasteiger partial charge in [0.05, 0.1) is 37.3 Å². The average Bonchev–Trinajstić information content (AvgIpc) is 3.66. The molecule has 1 aromatic carbocycles. The quantitative estimate of drug-likeness (QED) is 0.428. The van der Waals surface area contributed by atoms with Crippen molar-refractivity contribution in [1.29, 1.82) is 0 Å². The van der Waals surface area contributed by atoms with E-state index >= 15 is 0 Å². The molecule has 1 unspecified atom stereocenters. The van der Waals surface area contributed by atoms with Gasteiger partial charge in [-0.05, 0) is 43.6 Å². The van der Waals surface area contributed by atoms with Gasteiger partial charge in [-0.1, -0.05) is 57.0 Å². The zero-order valence-corrected chi connectivity index (χ0v) is 22.6. The number of nitrogens with zero attached hydrogens (tertiary/aromatic N) is 1. The fourth-order valence-electron chi connectivity index (χ4n) is 6.72. The molecular formula is C29H43N3O6. The Balaban J connectivity index is 1.27. The molecule has 3 heterocycles. The summed E-state index contributed by atoms with van der Waals surface area (Å²) in [7, 11) is 0. The number of benzene rings is 1. The van der Waals surface area contributed by atoms with Gasteiger partial charge in [0.1, 0.15) is 6.10 Å². The van der Waals surface area contributed by atoms with Crippen LogP contribution in [0.15, 0.2) is 30.3 Å². The summed E-state index contributed by atoms with van der Waals surface area (Å²) in [6, 6.07) is 8.95. The van der Waals surface area contributed by atoms with E-state index in [9.17, 15) is 14.7 Å². The number of rotatable bonds is 10. The highest BCUT2D eigenvalue weighted by molar-refractivity contribution is 5.85. The molecule has 9 heteroatoms. The van der Waals surface area contributed by atoms with E-state index in [1.165, 1.54) is 0 Å². The molecule has 9 nitrogen and oxygen atoms in total. The molecule has 1 saturated carbocycles. The Morgan fingerprint density at radius 3 is 2.71 bits per heavy atom. The van der Waals surface area contributed by atoms with Gasteiger partial charge in [0, 0.05) is 18.6 Å². The van der Waals surface area contributed by atoms with Gasteiger partial charge in [-0.3, -0.25) is 9.69 Å². The number of aliphatic hydroxyl groups excluding tert-OH is 1. The number of aliphatic hydroxyl groups is 1. The number of fused-ring (bicyclic) bond motifs is 1. The molecule has 0 radical (unpaired) electrons. The van der Waals surface area contributed by atoms with Gasteiger partial charge in [0.15, 0.2) is 6.29 Å². The summed E-state index contributed by atoms with van der Waals surface area (Å²) in [5, 5.41) is 17.8. The van der Waals surface area contributed by atoms with Crippen molar-refractivity contribution in [3.8, 4) is 0 Å². The van der Waals surface area contributed by atoms with E-state index < -0.39 is 18.2 Å². The molecule has 38 heavy (non-hydrogen) atoms. The van der Waals surface area contributed by atoms with Crippen LogP contribution in [0.4, 0.5) is 4.79 Å². The molecule has 1 aromatic rings. The van der Waals surface area contributed by atoms with Crippen LogP contribution in [-0.4, -0.2) is 84.4 Å². The van der Waals surface area contributed by atoms with Crippen molar-refractivity contribution in [2.45, 2.75) is 94.9 Å². The largest absolute Gasteiger partial charge is 0.443 e. The van der Waals surface area contributed by atoms with Crippen molar-refractivity contribution in [2.24, 2.45) is 11.8 Å². The van der Waals surface area contributed by atoms with Crippen LogP contribution >= 0.6 is 0 Å². The smallest absolute Gasteiger partial charge is 0.407 e. The third-order valence-corrected chi connectivity index (χ3v) is 8.61. The Kier molecular flexibility index (Phi) is 8.57. The van der Waals surface area contributed by atoms with Gasteiger partial charge in [0.2, 0.25) is 5.91 Å². The minimum atomic E-state index is -0.892. The van der Waals surface area contributed by atoms with Crippen molar-refractivity contribution < 1.29 is 28.9 Å². The molecule has 1 aliphatic carbocycles. The summed E-state index contributed by atoms with van der Waals surface area (Å²) in [5.74, 6) is 0.425. The summed E-state index contributed by atoms with van der Waals surface area (Å²) in [5.41, 5.74) is 0.905. The monoisotopic (exact) mass is 529 g/mol. The number of carbonyl (C=O) groups excluding carboxylic acids is 2. The minimum absolute atomic E-state index is 0.0450. The third kappa shape index (κ3) is 6.33. The molecule has 2 amide bonds. The predicted molar refractivity (Wildman–Crippen MR) is 141 cm³/mol. The lowest BCUT2D eigenvalue weighted by molar-refractivity contribution is -0.124. The van der Waals surface area contributed by atoms with Crippen LogP contribution in [0.2, 0.25) is 0 Å². The lowest BCUT2D eigenvalue weighted by Gasteiger charge is -2.34. The lowest BCUT2D eigenvalue weighted by atomic mass is 9.93. The second-order valence-electron chi connectivity index (χ2n) is 12.0. The number of nitrogens with one attached hydrogen (secondary N) is 2. The SMILES string of the molecule is CC(C)CN(C[C@@H](O)[C@H](Cc1ccccc1)NC(=O)O[C@H]1CO[C@H]2OCC[C@H]21)C1CC2(CCCC2)NC1=O. The molecule has 3 N–H and O–H groups in total. The Labute approximate surface area is 225 Å². The van der Waals surface area contributed by atoms with E-state index in [0.29, 0.717) is 32.1 Å². The molecule has 3 saturated heterocycles. The lowest BCUT2D eigenvalue weighted by Crippen LogP contribution is -2.53. The number of alkyl carbamates (subject to hydrolysis) is 1. The standard InChI is InChI=1S/C29H43N3O6/c1-19(2)16-32(23-15-29(31-26(23)34)11-6-7-12-29)17-24(33)22(14-20-8-4-3-5-9-20)30-28(35)38-25-18-37-27-21(25)10-13-36-27/h3-5,8-9,19,21-25,27,33H,6-7,10-18H2,1-2H3,(H,30,35)(H,31,34)/t21-,22-,23?,24+,25-,27+/m0/s1. The van der Waals surface area contributed by atoms with Crippen molar-refractivity contribution in [3.63, 3.8) is 0 Å². The van der Waals surface area contributed by atoms with Gasteiger partial charge in [-0.2, -0.15) is 0 Å². The summed E-state index contributed by atoms with van der Waals surface area (Å²) in [6.07, 6.45) is 4.23. The summed E-state index contributed by atoms with van der Waals surface area (Å²) < 4.78 is 16.9. The Morgan fingerprint density at radius 2 is 1.97 bits per heavy atom. The van der Waals surface area contributed by atoms with Crippen LogP contribution in [0, 0.1) is 11.8 Å². The molecule has 5 rings (SSSR count). The first-order chi connectivity index (χ1) is 18.3. The maximum absolute atomic E-state index is 13.1. The summed E-state index contributed by atoms with van der Waals surface area (Å²) >= 11 is 0. The Bertz CT molecular complexity index is 953. The van der Waals surface area contributed by atoms with Gasteiger partial charge in [-0.15, -0.1) is 0 Å². The second kappa shape index (κ2) is 11.9. The fraction of sp³-hybridized carbons (Fsp3) is 0.724. The van der Waals surface area contributed by atoms with E-state index in [-0.39, 0.29) is 42.3 Å². The Hall–Kier alpha value is -2.20. The summed E-state index contributed by atoms with van der Waals surface area (Å²) in [4.78, 5) is 28.3. The van der Waals surface area contributed by atoms with E-state index in [1.807, 2.05) is 30.3 Å². The minimum Gasteiger partial charge on any atom is -0.443 e. The number of carbonyl (C=O) groups is 2. The van der Waals surface area contributed by atoms with Crippen LogP contribution in [0.1, 0.15) is 57.9 Å². The highest BCUT2D eigenvalue weighted by Gasteiger charge is 2.48. The average molecular weight is 530 g/mol. The molecular weight excluding hydrogens is 486 g/mol. The molecule has 6 atom stereocenters. The van der Waals surface area contributed by atoms with E-state index in [0.717, 1.165) is 44.1 Å². The highest BCUT2D eigenvalue weighted by atomic mass is 16.7. The highest BCUT2D eigenvalue weighted by Crippen LogP contribution is 2.39. The van der Waals surface area contributed by atoms with Crippen molar-refractivity contribution >= 4 is 12.0 Å². The number of hydrogen-bond acceptors (Lipinski definition) is 7. The van der Waals surface area contributed by atoms with Gasteiger partial charge >= 0.3 is 6.09 Å². The number of amides is 2. The molecule has 0 aromatic heterocycles. The second-order valence-corrected chi connectivity index (χ2v) is 12.0. The van der Waals surface area contributed by atoms with Crippen molar-refractivity contribution in [2.75, 3.05) is 26.3 Å². The van der Waals surface area contributed by atoms with Crippen LogP contribution < -0.4 is 10.6 Å². The topological polar surface area (TPSA) is 109 Å². The van der Waals surface area contributed by atoms with E-state index in [2.05, 4.69) is 29.4 Å². The van der Waals surface area contributed by atoms with Crippen LogP contribution in [-0.2, 0) is 25.4 Å². The molecule has 4 fully saturated rings. The van der Waals surface area contributed by atoms with E-state index in [1.54, 1.807) is 0 Å². The van der Waals surface area contributed by atoms with Crippen LogP contribution in [0.5, 0.6) is 0 Å². The van der Waals surface area contributed by atoms with Crippen molar-refractivity contribution in [3.05, 3.63) is 35.9 Å². The van der Waals surface area contributed by atoms with Crippen LogP contribution in [0.25, 0.3) is 0 Å². The first-order valence-electron chi connectivity index (χ1n) is 14.3. The number of ether oxygens (including phenoxy) is 3. The zero-order valence-electron chi connectivity index (χ0n) is 22.6. The molecule has 1 spiro atoms. The maximum atomic E-state index is 13.1. The molecule has 210 valence electrons. The van der Waals surface area contributed by atoms with Gasteiger partial charge in [-0.25, -0.2) is 4.79 Å². The normalized spacial score (nSPS) is 29.6. The molecule has 0 bridgehead atoms. The fourth-order valence-corrected chi connectivity index (χ4v) is 6.72. The third-order valence-electron chi connectivity index (χ3n) is 8.61. The first-order valence-corrected chi connectivity index (χ1v) is 14.3. The summed E-state index contributed by atoms with van der Waals surface area (Å²) in [6.45, 7) is 6.14. The van der Waals surface area contributed by atoms with Crippen LogP contribution in [0.3, 0.4) is 0 Å². The van der Waals surface area contributed by atoms with Gasteiger partial charge in [0.25, 0.3) is 0 Å². The predicted octanol–water partition coefficient (Wildman–Crippen LogP) is 2.61.